The molecule has 0 radical (unpaired) electrons. The zero-order chi connectivity index (χ0) is 18.5. The van der Waals surface area contributed by atoms with Crippen LogP contribution in [0.1, 0.15) is 23.7 Å². The number of halogens is 1. The van der Waals surface area contributed by atoms with Crippen molar-refractivity contribution in [3.63, 3.8) is 0 Å². The first-order valence-corrected chi connectivity index (χ1v) is 9.80. The number of carbonyl (C=O) groups is 2. The number of amides is 2. The van der Waals surface area contributed by atoms with Crippen molar-refractivity contribution < 1.29 is 9.59 Å². The summed E-state index contributed by atoms with van der Waals surface area (Å²) in [4.78, 5) is 33.1. The Morgan fingerprint density at radius 2 is 2.04 bits per heavy atom. The highest BCUT2D eigenvalue weighted by molar-refractivity contribution is 7.13. The van der Waals surface area contributed by atoms with Gasteiger partial charge in [-0.15, -0.1) is 11.3 Å². The molecule has 26 heavy (non-hydrogen) atoms. The quantitative estimate of drug-likeness (QED) is 0.868. The molecule has 2 heterocycles. The maximum Gasteiger partial charge on any atom is 0.255 e. The molecule has 0 aliphatic carbocycles. The fourth-order valence-corrected chi connectivity index (χ4v) is 3.74. The van der Waals surface area contributed by atoms with E-state index in [0.29, 0.717) is 35.4 Å². The van der Waals surface area contributed by atoms with E-state index in [4.69, 9.17) is 11.6 Å². The first-order valence-electron chi connectivity index (χ1n) is 8.54. The largest absolute Gasteiger partial charge is 0.337 e. The molecule has 1 atom stereocenters. The molecular weight excluding hydrogens is 372 g/mol. The summed E-state index contributed by atoms with van der Waals surface area (Å²) in [7, 11) is 0. The van der Waals surface area contributed by atoms with Crippen LogP contribution in [0, 0.1) is 0 Å². The van der Waals surface area contributed by atoms with Crippen LogP contribution in [0.25, 0.3) is 0 Å². The van der Waals surface area contributed by atoms with Crippen LogP contribution in [0.2, 0.25) is 5.02 Å². The maximum atomic E-state index is 12.7. The van der Waals surface area contributed by atoms with Crippen molar-refractivity contribution in [1.82, 2.24) is 14.8 Å². The molecule has 3 rings (SSSR count). The Bertz CT molecular complexity index is 768. The van der Waals surface area contributed by atoms with Gasteiger partial charge in [0.05, 0.1) is 16.6 Å². The Hall–Kier alpha value is -1.96. The smallest absolute Gasteiger partial charge is 0.255 e. The molecule has 0 saturated carbocycles. The predicted molar refractivity (Wildman–Crippen MR) is 104 cm³/mol. The molecule has 1 aromatic carbocycles. The topological polar surface area (TPSA) is 65.5 Å². The van der Waals surface area contributed by atoms with Crippen molar-refractivity contribution in [3.05, 3.63) is 46.4 Å². The zero-order valence-corrected chi connectivity index (χ0v) is 16.1. The highest BCUT2D eigenvalue weighted by Crippen LogP contribution is 2.19. The van der Waals surface area contributed by atoms with Crippen molar-refractivity contribution in [1.29, 1.82) is 0 Å². The number of thiazole rings is 1. The monoisotopic (exact) mass is 392 g/mol. The molecule has 8 heteroatoms. The lowest BCUT2D eigenvalue weighted by Crippen LogP contribution is -2.44. The van der Waals surface area contributed by atoms with E-state index < -0.39 is 0 Å². The van der Waals surface area contributed by atoms with E-state index in [1.54, 1.807) is 18.3 Å². The van der Waals surface area contributed by atoms with Crippen LogP contribution in [0.3, 0.4) is 0 Å². The SMILES string of the molecule is CC(C(=O)Nc1nccs1)N1CCCN(C(=O)c2ccccc2Cl)CC1. The number of carbonyl (C=O) groups excluding carboxylic acids is 2. The predicted octanol–water partition coefficient (Wildman–Crippen LogP) is 2.97. The molecule has 1 aliphatic rings. The summed E-state index contributed by atoms with van der Waals surface area (Å²) in [5.74, 6) is -0.136. The van der Waals surface area contributed by atoms with Crippen molar-refractivity contribution in [2.75, 3.05) is 31.5 Å². The lowest BCUT2D eigenvalue weighted by molar-refractivity contribution is -0.120. The van der Waals surface area contributed by atoms with Gasteiger partial charge in [0.25, 0.3) is 5.91 Å². The van der Waals surface area contributed by atoms with Gasteiger partial charge in [0.15, 0.2) is 5.13 Å². The van der Waals surface area contributed by atoms with E-state index in [-0.39, 0.29) is 17.9 Å². The molecule has 138 valence electrons. The first kappa shape index (κ1) is 18.8. The van der Waals surface area contributed by atoms with Gasteiger partial charge in [-0.1, -0.05) is 23.7 Å². The van der Waals surface area contributed by atoms with Crippen molar-refractivity contribution in [2.45, 2.75) is 19.4 Å². The second-order valence-electron chi connectivity index (χ2n) is 6.16. The molecular formula is C18H21ClN4O2S. The Morgan fingerprint density at radius 3 is 2.77 bits per heavy atom. The molecule has 1 unspecified atom stereocenters. The van der Waals surface area contributed by atoms with Crippen LogP contribution >= 0.6 is 22.9 Å². The summed E-state index contributed by atoms with van der Waals surface area (Å²) in [6, 6.07) is 6.82. The highest BCUT2D eigenvalue weighted by Gasteiger charge is 2.27. The summed E-state index contributed by atoms with van der Waals surface area (Å²) in [5, 5.41) is 5.73. The number of hydrogen-bond donors (Lipinski definition) is 1. The van der Waals surface area contributed by atoms with E-state index in [2.05, 4.69) is 15.2 Å². The van der Waals surface area contributed by atoms with E-state index in [9.17, 15) is 9.59 Å². The highest BCUT2D eigenvalue weighted by atomic mass is 35.5. The molecule has 2 aromatic rings. The Morgan fingerprint density at radius 1 is 1.23 bits per heavy atom. The number of rotatable bonds is 4. The minimum Gasteiger partial charge on any atom is -0.337 e. The van der Waals surface area contributed by atoms with Crippen LogP contribution < -0.4 is 5.32 Å². The van der Waals surface area contributed by atoms with Crippen LogP contribution in [-0.4, -0.2) is 58.8 Å². The second-order valence-corrected chi connectivity index (χ2v) is 7.47. The summed E-state index contributed by atoms with van der Waals surface area (Å²) >= 11 is 7.55. The fraction of sp³-hybridized carbons (Fsp3) is 0.389. The number of anilines is 1. The lowest BCUT2D eigenvalue weighted by Gasteiger charge is -2.26. The van der Waals surface area contributed by atoms with Crippen LogP contribution in [0.4, 0.5) is 5.13 Å². The standard InChI is InChI=1S/C18H21ClN4O2S/c1-13(16(24)21-18-20-7-12-26-18)22-8-4-9-23(11-10-22)17(25)14-5-2-3-6-15(14)19/h2-3,5-7,12-13H,4,8-11H2,1H3,(H,20,21,24). The Labute approximate surface area is 161 Å². The molecule has 6 nitrogen and oxygen atoms in total. The Kier molecular flexibility index (Phi) is 6.24. The summed E-state index contributed by atoms with van der Waals surface area (Å²) in [6.45, 7) is 4.51. The Balaban J connectivity index is 1.60. The van der Waals surface area contributed by atoms with Gasteiger partial charge in [-0.3, -0.25) is 14.5 Å². The third-order valence-corrected chi connectivity index (χ3v) is 5.53. The summed E-state index contributed by atoms with van der Waals surface area (Å²) in [6.07, 6.45) is 2.47. The molecule has 0 spiro atoms. The minimum atomic E-state index is -0.283. The molecule has 1 N–H and O–H groups in total. The summed E-state index contributed by atoms with van der Waals surface area (Å²) < 4.78 is 0. The van der Waals surface area contributed by atoms with Gasteiger partial charge in [-0.05, 0) is 25.5 Å². The van der Waals surface area contributed by atoms with E-state index in [1.807, 2.05) is 29.3 Å². The first-order chi connectivity index (χ1) is 12.6. The van der Waals surface area contributed by atoms with Gasteiger partial charge in [0.2, 0.25) is 5.91 Å². The van der Waals surface area contributed by atoms with Gasteiger partial charge in [0, 0.05) is 37.8 Å². The zero-order valence-electron chi connectivity index (χ0n) is 14.5. The summed E-state index contributed by atoms with van der Waals surface area (Å²) in [5.41, 5.74) is 0.525. The number of nitrogens with one attached hydrogen (secondary N) is 1. The molecule has 0 bridgehead atoms. The van der Waals surface area contributed by atoms with Crippen molar-refractivity contribution in [2.24, 2.45) is 0 Å². The van der Waals surface area contributed by atoms with Crippen LogP contribution in [0.15, 0.2) is 35.8 Å². The molecule has 1 fully saturated rings. The molecule has 1 saturated heterocycles. The van der Waals surface area contributed by atoms with Gasteiger partial charge in [-0.25, -0.2) is 4.98 Å². The van der Waals surface area contributed by atoms with Crippen LogP contribution in [0.5, 0.6) is 0 Å². The van der Waals surface area contributed by atoms with E-state index >= 15 is 0 Å². The molecule has 1 aromatic heterocycles. The van der Waals surface area contributed by atoms with Gasteiger partial charge in [-0.2, -0.15) is 0 Å². The van der Waals surface area contributed by atoms with E-state index in [1.165, 1.54) is 11.3 Å². The van der Waals surface area contributed by atoms with Gasteiger partial charge in [0.1, 0.15) is 0 Å². The van der Waals surface area contributed by atoms with Crippen molar-refractivity contribution in [3.8, 4) is 0 Å². The average Bonchev–Trinajstić information content (AvgIpc) is 3.02. The third kappa shape index (κ3) is 4.41. The third-order valence-electron chi connectivity index (χ3n) is 4.51. The van der Waals surface area contributed by atoms with Crippen LogP contribution in [-0.2, 0) is 4.79 Å². The number of nitrogens with zero attached hydrogens (tertiary/aromatic N) is 3. The molecule has 1 aliphatic heterocycles. The fourth-order valence-electron chi connectivity index (χ4n) is 2.99. The minimum absolute atomic E-state index is 0.0580. The van der Waals surface area contributed by atoms with E-state index in [0.717, 1.165) is 13.0 Å². The molecule has 2 amide bonds. The second kappa shape index (κ2) is 8.62. The number of aromatic nitrogens is 1. The van der Waals surface area contributed by atoms with Gasteiger partial charge >= 0.3 is 0 Å². The van der Waals surface area contributed by atoms with Crippen molar-refractivity contribution >= 4 is 39.9 Å². The number of hydrogen-bond acceptors (Lipinski definition) is 5. The number of benzene rings is 1. The average molecular weight is 393 g/mol. The maximum absolute atomic E-state index is 12.7. The van der Waals surface area contributed by atoms with Gasteiger partial charge < -0.3 is 10.2 Å². The normalized spacial score (nSPS) is 16.8. The lowest BCUT2D eigenvalue weighted by atomic mass is 10.2.